The lowest BCUT2D eigenvalue weighted by molar-refractivity contribution is 0.147. The summed E-state index contributed by atoms with van der Waals surface area (Å²) in [5.41, 5.74) is 1.08. The normalized spacial score (nSPS) is 19.4. The average molecular weight is 312 g/mol. The van der Waals surface area contributed by atoms with Crippen LogP contribution in [0.1, 0.15) is 5.56 Å². The molecule has 0 bridgehead atoms. The lowest BCUT2D eigenvalue weighted by atomic mass is 10.2. The summed E-state index contributed by atoms with van der Waals surface area (Å²) >= 11 is 8.08. The van der Waals surface area contributed by atoms with Crippen LogP contribution < -0.4 is 5.32 Å². The highest BCUT2D eigenvalue weighted by Gasteiger charge is 2.25. The van der Waals surface area contributed by atoms with E-state index < -0.39 is 0 Å². The van der Waals surface area contributed by atoms with Crippen LogP contribution in [0.3, 0.4) is 0 Å². The van der Waals surface area contributed by atoms with Gasteiger partial charge in [-0.3, -0.25) is 0 Å². The van der Waals surface area contributed by atoms with Crippen molar-refractivity contribution >= 4 is 29.4 Å². The van der Waals surface area contributed by atoms with E-state index in [1.54, 1.807) is 11.8 Å². The predicted molar refractivity (Wildman–Crippen MR) is 82.4 cm³/mol. The third-order valence-electron chi connectivity index (χ3n) is 3.70. The van der Waals surface area contributed by atoms with Gasteiger partial charge in [0, 0.05) is 54.0 Å². The highest BCUT2D eigenvalue weighted by Crippen LogP contribution is 2.32. The molecule has 6 heteroatoms. The first-order chi connectivity index (χ1) is 9.75. The zero-order chi connectivity index (χ0) is 13.9. The lowest BCUT2D eigenvalue weighted by Crippen LogP contribution is -2.51. The Hall–Kier alpha value is -0.910. The van der Waals surface area contributed by atoms with Crippen molar-refractivity contribution in [3.8, 4) is 0 Å². The Morgan fingerprint density at radius 2 is 2.00 bits per heavy atom. The molecule has 0 saturated carbocycles. The Bertz CT molecular complexity index is 505. The maximum Gasteiger partial charge on any atom is 0.320 e. The third kappa shape index (κ3) is 2.90. The van der Waals surface area contributed by atoms with Gasteiger partial charge < -0.3 is 15.1 Å². The molecule has 0 spiro atoms. The topological polar surface area (TPSA) is 35.6 Å². The summed E-state index contributed by atoms with van der Waals surface area (Å²) in [4.78, 5) is 17.7. The van der Waals surface area contributed by atoms with E-state index in [1.165, 1.54) is 4.90 Å². The zero-order valence-corrected chi connectivity index (χ0v) is 12.8. The molecule has 2 heterocycles. The molecule has 108 valence electrons. The van der Waals surface area contributed by atoms with Gasteiger partial charge in [-0.25, -0.2) is 4.79 Å². The smallest absolute Gasteiger partial charge is 0.320 e. The van der Waals surface area contributed by atoms with Crippen LogP contribution >= 0.6 is 23.4 Å². The Kier molecular flexibility index (Phi) is 4.38. The van der Waals surface area contributed by atoms with Crippen LogP contribution in [-0.2, 0) is 6.54 Å². The van der Waals surface area contributed by atoms with Crippen molar-refractivity contribution in [2.24, 2.45) is 0 Å². The number of fused-ring (bicyclic) bond motifs is 1. The number of nitrogens with zero attached hydrogens (tertiary/aromatic N) is 2. The Balaban J connectivity index is 1.78. The number of halogens is 1. The molecular formula is C14H18ClN3OS. The van der Waals surface area contributed by atoms with Gasteiger partial charge in [0.1, 0.15) is 0 Å². The minimum Gasteiger partial charge on any atom is -0.322 e. The van der Waals surface area contributed by atoms with Crippen LogP contribution in [0.2, 0.25) is 5.02 Å². The number of piperazine rings is 1. The number of benzene rings is 1. The summed E-state index contributed by atoms with van der Waals surface area (Å²) in [6, 6.07) is 6.10. The number of rotatable bonds is 0. The standard InChI is InChI=1S/C14H18ClN3OS/c15-12-2-1-3-13-11(12)10-18(8-9-20-13)14(19)17-6-4-16-5-7-17/h1-3,16H,4-10H2. The van der Waals surface area contributed by atoms with Crippen LogP contribution in [0.5, 0.6) is 0 Å². The van der Waals surface area contributed by atoms with Crippen LogP contribution in [0, 0.1) is 0 Å². The van der Waals surface area contributed by atoms with E-state index in [-0.39, 0.29) is 6.03 Å². The fraction of sp³-hybridized carbons (Fsp3) is 0.500. The molecule has 1 aromatic carbocycles. The van der Waals surface area contributed by atoms with Crippen LogP contribution in [0.15, 0.2) is 23.1 Å². The molecular weight excluding hydrogens is 294 g/mol. The fourth-order valence-electron chi connectivity index (χ4n) is 2.58. The van der Waals surface area contributed by atoms with Crippen LogP contribution in [0.4, 0.5) is 4.79 Å². The number of carbonyl (C=O) groups excluding carboxylic acids is 1. The van der Waals surface area contributed by atoms with E-state index in [0.717, 1.165) is 49.1 Å². The second kappa shape index (κ2) is 6.24. The molecule has 1 fully saturated rings. The number of hydrogen-bond donors (Lipinski definition) is 1. The first-order valence-electron chi connectivity index (χ1n) is 6.90. The summed E-state index contributed by atoms with van der Waals surface area (Å²) in [7, 11) is 0. The average Bonchev–Trinajstić information content (AvgIpc) is 2.71. The summed E-state index contributed by atoms with van der Waals surface area (Å²) < 4.78 is 0. The third-order valence-corrected chi connectivity index (χ3v) is 5.14. The van der Waals surface area contributed by atoms with Gasteiger partial charge in [-0.1, -0.05) is 17.7 Å². The van der Waals surface area contributed by atoms with Gasteiger partial charge in [-0.05, 0) is 12.1 Å². The second-order valence-electron chi connectivity index (χ2n) is 5.01. The molecule has 4 nitrogen and oxygen atoms in total. The van der Waals surface area contributed by atoms with Crippen LogP contribution in [-0.4, -0.2) is 54.3 Å². The molecule has 20 heavy (non-hydrogen) atoms. The largest absolute Gasteiger partial charge is 0.322 e. The van der Waals surface area contributed by atoms with Gasteiger partial charge in [-0.2, -0.15) is 0 Å². The molecule has 3 rings (SSSR count). The number of hydrogen-bond acceptors (Lipinski definition) is 3. The van der Waals surface area contributed by atoms with E-state index >= 15 is 0 Å². The van der Waals surface area contributed by atoms with Gasteiger partial charge in [0.05, 0.1) is 6.54 Å². The van der Waals surface area contributed by atoms with E-state index in [0.29, 0.717) is 6.54 Å². The van der Waals surface area contributed by atoms with Gasteiger partial charge in [0.2, 0.25) is 0 Å². The van der Waals surface area contributed by atoms with Gasteiger partial charge in [-0.15, -0.1) is 11.8 Å². The van der Waals surface area contributed by atoms with Crippen molar-refractivity contribution in [3.63, 3.8) is 0 Å². The van der Waals surface area contributed by atoms with Crippen LogP contribution in [0.25, 0.3) is 0 Å². The molecule has 0 aromatic heterocycles. The van der Waals surface area contributed by atoms with E-state index in [1.807, 2.05) is 21.9 Å². The number of urea groups is 1. The monoisotopic (exact) mass is 311 g/mol. The van der Waals surface area contributed by atoms with Gasteiger partial charge in [0.15, 0.2) is 0 Å². The molecule has 2 aliphatic heterocycles. The molecule has 1 N–H and O–H groups in total. The first-order valence-corrected chi connectivity index (χ1v) is 8.27. The fourth-order valence-corrected chi connectivity index (χ4v) is 3.93. The molecule has 1 saturated heterocycles. The maximum atomic E-state index is 12.6. The summed E-state index contributed by atoms with van der Waals surface area (Å²) in [6.45, 7) is 4.73. The number of carbonyl (C=O) groups is 1. The summed E-state index contributed by atoms with van der Waals surface area (Å²) in [5, 5.41) is 4.03. The van der Waals surface area contributed by atoms with E-state index in [9.17, 15) is 4.79 Å². The van der Waals surface area contributed by atoms with Crippen molar-refractivity contribution in [1.82, 2.24) is 15.1 Å². The van der Waals surface area contributed by atoms with Gasteiger partial charge >= 0.3 is 6.03 Å². The Morgan fingerprint density at radius 3 is 2.80 bits per heavy atom. The van der Waals surface area contributed by atoms with E-state index in [2.05, 4.69) is 11.4 Å². The van der Waals surface area contributed by atoms with Gasteiger partial charge in [0.25, 0.3) is 0 Å². The minimum atomic E-state index is 0.139. The second-order valence-corrected chi connectivity index (χ2v) is 6.55. The quantitative estimate of drug-likeness (QED) is 0.798. The highest BCUT2D eigenvalue weighted by molar-refractivity contribution is 7.99. The predicted octanol–water partition coefficient (Wildman–Crippen LogP) is 2.27. The molecule has 0 radical (unpaired) electrons. The highest BCUT2D eigenvalue weighted by atomic mass is 35.5. The number of amides is 2. The molecule has 0 aliphatic carbocycles. The Labute approximate surface area is 128 Å². The van der Waals surface area contributed by atoms with Crippen molar-refractivity contribution in [2.75, 3.05) is 38.5 Å². The molecule has 1 aromatic rings. The molecule has 0 unspecified atom stereocenters. The number of thioether (sulfide) groups is 1. The number of nitrogens with one attached hydrogen (secondary N) is 1. The van der Waals surface area contributed by atoms with Crippen molar-refractivity contribution in [3.05, 3.63) is 28.8 Å². The molecule has 2 aliphatic rings. The molecule has 0 atom stereocenters. The maximum absolute atomic E-state index is 12.6. The minimum absolute atomic E-state index is 0.139. The molecule has 2 amide bonds. The SMILES string of the molecule is O=C(N1CCNCC1)N1CCSc2cccc(Cl)c2C1. The lowest BCUT2D eigenvalue weighted by Gasteiger charge is -2.32. The zero-order valence-electron chi connectivity index (χ0n) is 11.3. The van der Waals surface area contributed by atoms with Crippen molar-refractivity contribution < 1.29 is 4.79 Å². The van der Waals surface area contributed by atoms with Crippen molar-refractivity contribution in [2.45, 2.75) is 11.4 Å². The first kappa shape index (κ1) is 14.0. The van der Waals surface area contributed by atoms with Crippen molar-refractivity contribution in [1.29, 1.82) is 0 Å². The van der Waals surface area contributed by atoms with E-state index in [4.69, 9.17) is 11.6 Å². The Morgan fingerprint density at radius 1 is 1.20 bits per heavy atom. The summed E-state index contributed by atoms with van der Waals surface area (Å²) in [5.74, 6) is 0.922. The summed E-state index contributed by atoms with van der Waals surface area (Å²) in [6.07, 6.45) is 0.